The number of amides is 2. The molecular formula is C23H30N2O2. The van der Waals surface area contributed by atoms with E-state index in [2.05, 4.69) is 33.0 Å². The minimum Gasteiger partial charge on any atom is -0.326 e. The third kappa shape index (κ3) is 5.68. The topological polar surface area (TPSA) is 49.4 Å². The molecule has 144 valence electrons. The van der Waals surface area contributed by atoms with Gasteiger partial charge in [0.25, 0.3) is 0 Å². The van der Waals surface area contributed by atoms with Gasteiger partial charge in [0.2, 0.25) is 11.8 Å². The van der Waals surface area contributed by atoms with Gasteiger partial charge in [0.15, 0.2) is 0 Å². The number of benzene rings is 2. The van der Waals surface area contributed by atoms with Gasteiger partial charge in [-0.2, -0.15) is 0 Å². The number of anilines is 2. The van der Waals surface area contributed by atoms with Crippen molar-refractivity contribution in [2.75, 3.05) is 16.8 Å². The van der Waals surface area contributed by atoms with Crippen LogP contribution < -0.4 is 10.2 Å². The summed E-state index contributed by atoms with van der Waals surface area (Å²) in [4.78, 5) is 26.1. The average Bonchev–Trinajstić information content (AvgIpc) is 2.61. The van der Waals surface area contributed by atoms with Crippen molar-refractivity contribution in [1.29, 1.82) is 0 Å². The number of rotatable bonds is 6. The summed E-state index contributed by atoms with van der Waals surface area (Å²) in [5.74, 6) is -0.159. The monoisotopic (exact) mass is 366 g/mol. The van der Waals surface area contributed by atoms with Crippen LogP contribution in [0.2, 0.25) is 0 Å². The molecular weight excluding hydrogens is 336 g/mol. The largest absolute Gasteiger partial charge is 0.326 e. The van der Waals surface area contributed by atoms with Gasteiger partial charge < -0.3 is 10.2 Å². The third-order valence-corrected chi connectivity index (χ3v) is 4.66. The fraction of sp³-hybridized carbons (Fsp3) is 0.391. The van der Waals surface area contributed by atoms with Crippen molar-refractivity contribution in [1.82, 2.24) is 0 Å². The number of hydrogen-bond donors (Lipinski definition) is 1. The Kier molecular flexibility index (Phi) is 6.78. The lowest BCUT2D eigenvalue weighted by Gasteiger charge is -2.24. The van der Waals surface area contributed by atoms with Gasteiger partial charge in [-0.1, -0.05) is 58.0 Å². The molecule has 4 nitrogen and oxygen atoms in total. The minimum atomic E-state index is -0.0894. The molecule has 0 heterocycles. The summed E-state index contributed by atoms with van der Waals surface area (Å²) < 4.78 is 0. The Balaban J connectivity index is 2.04. The molecule has 0 fully saturated rings. The molecule has 0 unspecified atom stereocenters. The van der Waals surface area contributed by atoms with Crippen LogP contribution in [-0.2, 0) is 21.4 Å². The van der Waals surface area contributed by atoms with Gasteiger partial charge >= 0.3 is 0 Å². The molecule has 0 aliphatic heterocycles. The number of hydrogen-bond acceptors (Lipinski definition) is 2. The molecule has 4 heteroatoms. The molecule has 2 aromatic rings. The van der Waals surface area contributed by atoms with Crippen LogP contribution in [0.3, 0.4) is 0 Å². The van der Waals surface area contributed by atoms with Crippen LogP contribution in [0.4, 0.5) is 11.4 Å². The number of para-hydroxylation sites is 1. The molecule has 0 radical (unpaired) electrons. The predicted molar refractivity (Wildman–Crippen MR) is 112 cm³/mol. The quantitative estimate of drug-likeness (QED) is 0.788. The third-order valence-electron chi connectivity index (χ3n) is 4.66. The van der Waals surface area contributed by atoms with E-state index in [1.807, 2.05) is 48.5 Å². The first-order valence-electron chi connectivity index (χ1n) is 9.48. The molecule has 0 saturated carbocycles. The Labute approximate surface area is 162 Å². The summed E-state index contributed by atoms with van der Waals surface area (Å²) in [6.07, 6.45) is 1.11. The van der Waals surface area contributed by atoms with Crippen LogP contribution >= 0.6 is 0 Å². The highest BCUT2D eigenvalue weighted by Gasteiger charge is 2.17. The van der Waals surface area contributed by atoms with Gasteiger partial charge in [-0.15, -0.1) is 0 Å². The van der Waals surface area contributed by atoms with Gasteiger partial charge in [-0.05, 0) is 41.2 Å². The first kappa shape index (κ1) is 20.7. The van der Waals surface area contributed by atoms with Crippen LogP contribution in [0.5, 0.6) is 0 Å². The highest BCUT2D eigenvalue weighted by molar-refractivity contribution is 5.95. The van der Waals surface area contributed by atoms with E-state index in [9.17, 15) is 9.59 Å². The number of carbonyl (C=O) groups is 2. The first-order valence-corrected chi connectivity index (χ1v) is 9.48. The summed E-state index contributed by atoms with van der Waals surface area (Å²) in [5.41, 5.74) is 4.04. The first-order chi connectivity index (χ1) is 12.7. The molecule has 0 aromatic heterocycles. The Morgan fingerprint density at radius 1 is 1.00 bits per heavy atom. The van der Waals surface area contributed by atoms with Crippen molar-refractivity contribution in [2.45, 2.75) is 52.9 Å². The summed E-state index contributed by atoms with van der Waals surface area (Å²) in [6, 6.07) is 15.8. The maximum absolute atomic E-state index is 12.4. The van der Waals surface area contributed by atoms with Crippen molar-refractivity contribution >= 4 is 23.2 Å². The van der Waals surface area contributed by atoms with E-state index >= 15 is 0 Å². The van der Waals surface area contributed by atoms with E-state index in [-0.39, 0.29) is 23.7 Å². The molecule has 0 bridgehead atoms. The number of nitrogens with zero attached hydrogens (tertiary/aromatic N) is 1. The molecule has 2 rings (SSSR count). The lowest BCUT2D eigenvalue weighted by molar-refractivity contribution is -0.117. The molecule has 0 spiro atoms. The normalized spacial score (nSPS) is 11.1. The second-order valence-corrected chi connectivity index (χ2v) is 7.78. The zero-order valence-corrected chi connectivity index (χ0v) is 17.0. The smallest absolute Gasteiger partial charge is 0.226 e. The van der Waals surface area contributed by atoms with Crippen molar-refractivity contribution in [3.8, 4) is 0 Å². The van der Waals surface area contributed by atoms with Crippen LogP contribution in [0, 0.1) is 0 Å². The van der Waals surface area contributed by atoms with Gasteiger partial charge in [0, 0.05) is 31.3 Å². The van der Waals surface area contributed by atoms with Crippen LogP contribution in [-0.4, -0.2) is 18.4 Å². The second-order valence-electron chi connectivity index (χ2n) is 7.78. The summed E-state index contributed by atoms with van der Waals surface area (Å²) in [5, 5.41) is 2.96. The van der Waals surface area contributed by atoms with E-state index < -0.39 is 0 Å². The summed E-state index contributed by atoms with van der Waals surface area (Å²) >= 11 is 0. The van der Waals surface area contributed by atoms with Crippen LogP contribution in [0.25, 0.3) is 0 Å². The lowest BCUT2D eigenvalue weighted by Crippen LogP contribution is -2.32. The summed E-state index contributed by atoms with van der Waals surface area (Å²) in [7, 11) is 0. The van der Waals surface area contributed by atoms with Crippen molar-refractivity contribution in [3.63, 3.8) is 0 Å². The van der Waals surface area contributed by atoms with E-state index in [0.717, 1.165) is 23.4 Å². The van der Waals surface area contributed by atoms with Gasteiger partial charge in [-0.25, -0.2) is 0 Å². The van der Waals surface area contributed by atoms with E-state index in [4.69, 9.17) is 0 Å². The maximum Gasteiger partial charge on any atom is 0.226 e. The Morgan fingerprint density at radius 3 is 2.19 bits per heavy atom. The molecule has 0 atom stereocenters. The van der Waals surface area contributed by atoms with Crippen LogP contribution in [0.15, 0.2) is 48.5 Å². The van der Waals surface area contributed by atoms with E-state index in [0.29, 0.717) is 6.54 Å². The second kappa shape index (κ2) is 8.85. The Morgan fingerprint density at radius 2 is 1.63 bits per heavy atom. The highest BCUT2D eigenvalue weighted by atomic mass is 16.2. The maximum atomic E-state index is 12.4. The minimum absolute atomic E-state index is 0.0616. The molecule has 0 saturated heterocycles. The predicted octanol–water partition coefficient (Wildman–Crippen LogP) is 4.93. The Bertz CT molecular complexity index is 789. The standard InChI is InChI=1S/C23H30N2O2/c1-6-18-9-7-8-10-21(18)24-22(27)15-16-25(17(2)26)20-13-11-19(12-14-20)23(3,4)5/h7-14H,6,15-16H2,1-5H3,(H,24,27). The van der Waals surface area contributed by atoms with E-state index in [1.165, 1.54) is 12.5 Å². The highest BCUT2D eigenvalue weighted by Crippen LogP contribution is 2.25. The molecule has 2 aromatic carbocycles. The van der Waals surface area contributed by atoms with Crippen molar-refractivity contribution in [2.24, 2.45) is 0 Å². The Hall–Kier alpha value is -2.62. The van der Waals surface area contributed by atoms with Gasteiger partial charge in [-0.3, -0.25) is 9.59 Å². The average molecular weight is 367 g/mol. The SMILES string of the molecule is CCc1ccccc1NC(=O)CCN(C(C)=O)c1ccc(C(C)(C)C)cc1. The van der Waals surface area contributed by atoms with Crippen molar-refractivity contribution < 1.29 is 9.59 Å². The van der Waals surface area contributed by atoms with E-state index in [1.54, 1.807) is 4.90 Å². The molecule has 0 aliphatic carbocycles. The van der Waals surface area contributed by atoms with Gasteiger partial charge in [0.05, 0.1) is 0 Å². The van der Waals surface area contributed by atoms with Crippen LogP contribution in [0.1, 0.15) is 52.2 Å². The zero-order chi connectivity index (χ0) is 20.0. The van der Waals surface area contributed by atoms with Gasteiger partial charge in [0.1, 0.15) is 0 Å². The molecule has 2 amide bonds. The molecule has 27 heavy (non-hydrogen) atoms. The fourth-order valence-corrected chi connectivity index (χ4v) is 2.99. The zero-order valence-electron chi connectivity index (χ0n) is 17.0. The molecule has 1 N–H and O–H groups in total. The fourth-order valence-electron chi connectivity index (χ4n) is 2.99. The van der Waals surface area contributed by atoms with Crippen molar-refractivity contribution in [3.05, 3.63) is 59.7 Å². The molecule has 0 aliphatic rings. The summed E-state index contributed by atoms with van der Waals surface area (Å²) in [6.45, 7) is 10.4. The number of nitrogens with one attached hydrogen (secondary N) is 1. The lowest BCUT2D eigenvalue weighted by atomic mass is 9.87. The number of carbonyl (C=O) groups excluding carboxylic acids is 2. The number of aryl methyl sites for hydroxylation is 1.